The van der Waals surface area contributed by atoms with Crippen LogP contribution in [0, 0.1) is 22.2 Å². The molecule has 0 unspecified atom stereocenters. The lowest BCUT2D eigenvalue weighted by molar-refractivity contribution is 0.0448. The van der Waals surface area contributed by atoms with Crippen molar-refractivity contribution in [1.82, 2.24) is 13.9 Å². The molecular weight excluding hydrogens is 458 g/mol. The van der Waals surface area contributed by atoms with Crippen molar-refractivity contribution in [3.8, 4) is 0 Å². The first-order chi connectivity index (χ1) is 17.8. The highest BCUT2D eigenvalue weighted by Gasteiger charge is 2.70. The molecule has 0 saturated heterocycles. The second kappa shape index (κ2) is 5.87. The van der Waals surface area contributed by atoms with Crippen LogP contribution in [-0.4, -0.2) is 13.9 Å². The SMILES string of the molecule is CC1(C)[C@H]2CC[C@@]1(C)[C@H](n1c(=O)n3n(c1=O)[C@H]1C=C[C@H]3[C@]34C=Cc5ccc6ccccc6c5[C@]13C=C4)C2. The van der Waals surface area contributed by atoms with Crippen LogP contribution in [0.2, 0.25) is 0 Å². The summed E-state index contributed by atoms with van der Waals surface area (Å²) in [6.45, 7) is 7.01. The number of fused-ring (bicyclic) bond motifs is 5. The van der Waals surface area contributed by atoms with E-state index < -0.39 is 0 Å². The van der Waals surface area contributed by atoms with Gasteiger partial charge in [-0.05, 0) is 57.9 Å². The van der Waals surface area contributed by atoms with Crippen LogP contribution in [0.15, 0.2) is 76.4 Å². The van der Waals surface area contributed by atoms with Gasteiger partial charge in [0, 0.05) is 11.5 Å². The summed E-state index contributed by atoms with van der Waals surface area (Å²) < 4.78 is 5.32. The molecule has 2 aliphatic heterocycles. The molecule has 2 fully saturated rings. The largest absolute Gasteiger partial charge is 0.348 e. The quantitative estimate of drug-likeness (QED) is 0.422. The van der Waals surface area contributed by atoms with Gasteiger partial charge < -0.3 is 0 Å². The Kier molecular flexibility index (Phi) is 3.28. The first-order valence-electron chi connectivity index (χ1n) is 13.8. The minimum atomic E-state index is -0.377. The average Bonchev–Trinajstić information content (AvgIpc) is 3.36. The molecule has 4 bridgehead atoms. The van der Waals surface area contributed by atoms with Crippen LogP contribution >= 0.6 is 0 Å². The van der Waals surface area contributed by atoms with E-state index in [1.165, 1.54) is 28.3 Å². The minimum Gasteiger partial charge on any atom is -0.246 e. The second-order valence-corrected chi connectivity index (χ2v) is 13.2. The van der Waals surface area contributed by atoms with E-state index in [-0.39, 0.29) is 51.2 Å². The van der Waals surface area contributed by atoms with Crippen LogP contribution in [0.5, 0.6) is 0 Å². The monoisotopic (exact) mass is 489 g/mol. The molecule has 5 aliphatic carbocycles. The molecule has 3 aromatic rings. The summed E-state index contributed by atoms with van der Waals surface area (Å²) in [6, 6.07) is 12.5. The van der Waals surface area contributed by atoms with Gasteiger partial charge in [0.25, 0.3) is 0 Å². The lowest BCUT2D eigenvalue weighted by Crippen LogP contribution is -2.66. The van der Waals surface area contributed by atoms with Crippen LogP contribution in [0.25, 0.3) is 16.8 Å². The molecule has 3 heterocycles. The molecule has 37 heavy (non-hydrogen) atoms. The van der Waals surface area contributed by atoms with Crippen molar-refractivity contribution in [3.63, 3.8) is 0 Å². The van der Waals surface area contributed by atoms with E-state index in [4.69, 9.17) is 0 Å². The van der Waals surface area contributed by atoms with E-state index in [1.807, 2.05) is 9.36 Å². The summed E-state index contributed by atoms with van der Waals surface area (Å²) in [5.41, 5.74) is 1.61. The van der Waals surface area contributed by atoms with Crippen molar-refractivity contribution in [2.75, 3.05) is 0 Å². The summed E-state index contributed by atoms with van der Waals surface area (Å²) in [7, 11) is 0. The van der Waals surface area contributed by atoms with E-state index >= 15 is 0 Å². The summed E-state index contributed by atoms with van der Waals surface area (Å²) in [5.74, 6) is 0.560. The fourth-order valence-corrected chi connectivity index (χ4v) is 9.90. The number of nitrogens with zero attached hydrogens (tertiary/aromatic N) is 3. The van der Waals surface area contributed by atoms with Gasteiger partial charge in [0.15, 0.2) is 0 Å². The fraction of sp³-hybridized carbons (Fsp3) is 0.438. The minimum absolute atomic E-state index is 0.0439. The Labute approximate surface area is 215 Å². The molecule has 7 aliphatic rings. The van der Waals surface area contributed by atoms with E-state index in [1.54, 1.807) is 4.57 Å². The number of hydrogen-bond donors (Lipinski definition) is 0. The second-order valence-electron chi connectivity index (χ2n) is 13.2. The maximum absolute atomic E-state index is 14.4. The average molecular weight is 490 g/mol. The smallest absolute Gasteiger partial charge is 0.246 e. The first kappa shape index (κ1) is 20.7. The maximum Gasteiger partial charge on any atom is 0.348 e. The van der Waals surface area contributed by atoms with E-state index in [0.29, 0.717) is 5.92 Å². The summed E-state index contributed by atoms with van der Waals surface area (Å²) in [4.78, 5) is 28.7. The Balaban J connectivity index is 1.33. The molecule has 2 aromatic carbocycles. The van der Waals surface area contributed by atoms with Crippen LogP contribution in [0.4, 0.5) is 0 Å². The number of allylic oxidation sites excluding steroid dienone is 5. The topological polar surface area (TPSA) is 48.9 Å². The van der Waals surface area contributed by atoms with E-state index in [2.05, 4.69) is 93.6 Å². The van der Waals surface area contributed by atoms with Gasteiger partial charge in [-0.25, -0.2) is 23.5 Å². The zero-order valence-corrected chi connectivity index (χ0v) is 21.5. The van der Waals surface area contributed by atoms with Gasteiger partial charge >= 0.3 is 11.4 Å². The predicted octanol–water partition coefficient (Wildman–Crippen LogP) is 5.54. The first-order valence-corrected chi connectivity index (χ1v) is 13.8. The third-order valence-electron chi connectivity index (χ3n) is 12.3. The number of aromatic nitrogens is 3. The molecule has 2 saturated carbocycles. The molecule has 5 nitrogen and oxygen atoms in total. The Morgan fingerprint density at radius 1 is 0.865 bits per heavy atom. The normalized spacial score (nSPS) is 40.4. The highest BCUT2D eigenvalue weighted by molar-refractivity contribution is 5.93. The van der Waals surface area contributed by atoms with E-state index in [9.17, 15) is 9.59 Å². The molecule has 0 spiro atoms. The zero-order chi connectivity index (χ0) is 25.1. The van der Waals surface area contributed by atoms with Crippen LogP contribution < -0.4 is 11.4 Å². The van der Waals surface area contributed by atoms with Gasteiger partial charge in [-0.15, -0.1) is 0 Å². The molecule has 10 rings (SSSR count). The van der Waals surface area contributed by atoms with Crippen molar-refractivity contribution in [1.29, 1.82) is 0 Å². The highest BCUT2D eigenvalue weighted by Crippen LogP contribution is 2.72. The highest BCUT2D eigenvalue weighted by atomic mass is 16.2. The molecule has 5 heteroatoms. The van der Waals surface area contributed by atoms with Crippen molar-refractivity contribution >= 4 is 16.8 Å². The third-order valence-corrected chi connectivity index (χ3v) is 12.3. The predicted molar refractivity (Wildman–Crippen MR) is 145 cm³/mol. The van der Waals surface area contributed by atoms with Gasteiger partial charge in [0.2, 0.25) is 0 Å². The molecule has 0 radical (unpaired) electrons. The lowest BCUT2D eigenvalue weighted by atomic mass is 9.42. The van der Waals surface area contributed by atoms with Gasteiger partial charge in [0.05, 0.1) is 17.5 Å². The number of benzene rings is 2. The Bertz CT molecular complexity index is 1800. The lowest BCUT2D eigenvalue weighted by Gasteiger charge is -2.65. The number of rotatable bonds is 1. The molecule has 186 valence electrons. The van der Waals surface area contributed by atoms with Crippen molar-refractivity contribution in [3.05, 3.63) is 98.9 Å². The van der Waals surface area contributed by atoms with Crippen molar-refractivity contribution < 1.29 is 0 Å². The van der Waals surface area contributed by atoms with Crippen LogP contribution in [0.1, 0.15) is 69.3 Å². The van der Waals surface area contributed by atoms with E-state index in [0.717, 1.165) is 12.8 Å². The Morgan fingerprint density at radius 3 is 2.32 bits per heavy atom. The van der Waals surface area contributed by atoms with Gasteiger partial charge in [0.1, 0.15) is 0 Å². The van der Waals surface area contributed by atoms with Gasteiger partial charge in [-0.2, -0.15) is 0 Å². The van der Waals surface area contributed by atoms with Crippen molar-refractivity contribution in [2.45, 2.75) is 63.6 Å². The summed E-state index contributed by atoms with van der Waals surface area (Å²) in [5, 5.41) is 2.45. The Hall–Kier alpha value is -3.34. The molecular formula is C32H31N3O2. The Morgan fingerprint density at radius 2 is 1.62 bits per heavy atom. The maximum atomic E-state index is 14.4. The zero-order valence-electron chi connectivity index (χ0n) is 21.5. The van der Waals surface area contributed by atoms with Gasteiger partial charge in [-0.1, -0.05) is 93.6 Å². The molecule has 0 N–H and O–H groups in total. The number of hydrogen-bond acceptors (Lipinski definition) is 2. The summed E-state index contributed by atoms with van der Waals surface area (Å²) in [6.07, 6.45) is 16.7. The van der Waals surface area contributed by atoms with Crippen LogP contribution in [0.3, 0.4) is 0 Å². The summed E-state index contributed by atoms with van der Waals surface area (Å²) >= 11 is 0. The van der Waals surface area contributed by atoms with Crippen molar-refractivity contribution in [2.24, 2.45) is 22.2 Å². The van der Waals surface area contributed by atoms with Gasteiger partial charge in [-0.3, -0.25) is 0 Å². The fourth-order valence-electron chi connectivity index (χ4n) is 9.90. The third kappa shape index (κ3) is 1.85. The molecule has 1 aromatic heterocycles. The molecule has 7 atom stereocenters. The molecule has 0 amide bonds. The van der Waals surface area contributed by atoms with Crippen LogP contribution in [-0.2, 0) is 5.41 Å². The standard InChI is InChI=1S/C32H31N3O2/c1-29(2)21-13-14-30(29,3)25(18-21)33-27(36)34-23-10-11-24(35(34)28(33)37)32-17-16-31(23,32)15-12-20-9-8-19-6-4-5-7-22(19)26(20)32/h4-12,15-17,21,23-25H,13-14,18H2,1-3H3/t21-,23-,24-,25+,30-,31+,32-/m0/s1.